The number of pyridine rings is 1. The molecule has 1 aliphatic heterocycles. The molecule has 0 radical (unpaired) electrons. The van der Waals surface area contributed by atoms with Crippen molar-refractivity contribution >= 4 is 51.4 Å². The molecule has 7 nitrogen and oxygen atoms in total. The van der Waals surface area contributed by atoms with Gasteiger partial charge in [0, 0.05) is 19.3 Å². The second-order valence-corrected chi connectivity index (χ2v) is 8.24. The third kappa shape index (κ3) is 7.49. The van der Waals surface area contributed by atoms with E-state index < -0.39 is 21.6 Å². The van der Waals surface area contributed by atoms with Crippen LogP contribution in [-0.2, 0) is 16.0 Å². The summed E-state index contributed by atoms with van der Waals surface area (Å²) in [6, 6.07) is 0.538. The molecule has 154 valence electrons. The quantitative estimate of drug-likeness (QED) is 0.256. The maximum absolute atomic E-state index is 12.5. The van der Waals surface area contributed by atoms with Crippen molar-refractivity contribution in [1.29, 1.82) is 0 Å². The molecule has 1 fully saturated rings. The summed E-state index contributed by atoms with van der Waals surface area (Å²) in [5, 5.41) is 5.67. The molecule has 0 aromatic carbocycles. The molecule has 0 spiro atoms. The van der Waals surface area contributed by atoms with E-state index in [9.17, 15) is 21.6 Å². The van der Waals surface area contributed by atoms with Crippen molar-refractivity contribution in [3.8, 4) is 5.88 Å². The Morgan fingerprint density at radius 1 is 1.48 bits per heavy atom. The largest absolute Gasteiger partial charge is 0.475 e. The Kier molecular flexibility index (Phi) is 8.86. The van der Waals surface area contributed by atoms with E-state index in [-0.39, 0.29) is 65.6 Å². The molecule has 0 aliphatic carbocycles. The number of hydrogen-bond donors (Lipinski definition) is 2. The van der Waals surface area contributed by atoms with Crippen LogP contribution >= 0.6 is 35.6 Å². The minimum atomic E-state index is -4.53. The Morgan fingerprint density at radius 3 is 2.70 bits per heavy atom. The van der Waals surface area contributed by atoms with Crippen molar-refractivity contribution in [2.75, 3.05) is 31.7 Å². The highest BCUT2D eigenvalue weighted by Crippen LogP contribution is 2.32. The van der Waals surface area contributed by atoms with Crippen molar-refractivity contribution in [3.63, 3.8) is 0 Å². The van der Waals surface area contributed by atoms with Crippen LogP contribution in [0.25, 0.3) is 0 Å². The molecule has 2 N–H and O–H groups in total. The van der Waals surface area contributed by atoms with Gasteiger partial charge >= 0.3 is 6.18 Å². The molecule has 1 aromatic heterocycles. The van der Waals surface area contributed by atoms with E-state index in [0.29, 0.717) is 18.6 Å². The van der Waals surface area contributed by atoms with Gasteiger partial charge in [0.15, 0.2) is 15.8 Å². The summed E-state index contributed by atoms with van der Waals surface area (Å²) < 4.78 is 65.7. The number of alkyl halides is 3. The van der Waals surface area contributed by atoms with Crippen LogP contribution in [0, 0.1) is 0 Å². The fourth-order valence-corrected chi connectivity index (χ4v) is 4.19. The average molecular weight is 543 g/mol. The van der Waals surface area contributed by atoms with Gasteiger partial charge in [0.2, 0.25) is 5.88 Å². The van der Waals surface area contributed by atoms with Crippen molar-refractivity contribution in [2.24, 2.45) is 4.99 Å². The van der Waals surface area contributed by atoms with Crippen LogP contribution < -0.4 is 15.4 Å². The number of nitrogens with one attached hydrogen (secondary N) is 2. The van der Waals surface area contributed by atoms with Gasteiger partial charge in [-0.2, -0.15) is 13.2 Å². The predicted molar refractivity (Wildman–Crippen MR) is 107 cm³/mol. The van der Waals surface area contributed by atoms with Crippen molar-refractivity contribution < 1.29 is 26.3 Å². The van der Waals surface area contributed by atoms with Crippen LogP contribution in [-0.4, -0.2) is 57.1 Å². The summed E-state index contributed by atoms with van der Waals surface area (Å²) in [4.78, 5) is 7.54. The maximum atomic E-state index is 12.5. The van der Waals surface area contributed by atoms with Gasteiger partial charge in [-0.05, 0) is 12.5 Å². The zero-order chi connectivity index (χ0) is 19.4. The molecule has 1 saturated heterocycles. The maximum Gasteiger partial charge on any atom is 0.417 e. The van der Waals surface area contributed by atoms with Gasteiger partial charge in [0.25, 0.3) is 0 Å². The Hall–Kier alpha value is -1.02. The molecule has 2 heterocycles. The Balaban J connectivity index is 0.00000364. The monoisotopic (exact) mass is 542 g/mol. The van der Waals surface area contributed by atoms with Crippen LogP contribution in [0.2, 0.25) is 5.02 Å². The summed E-state index contributed by atoms with van der Waals surface area (Å²) in [6.07, 6.45) is -3.37. The van der Waals surface area contributed by atoms with Gasteiger partial charge in [0.05, 0.1) is 23.6 Å². The lowest BCUT2D eigenvalue weighted by Gasteiger charge is -2.16. The zero-order valence-electron chi connectivity index (χ0n) is 14.2. The number of aliphatic imine (C=N–C) groups is 1. The van der Waals surface area contributed by atoms with Gasteiger partial charge in [-0.15, -0.1) is 24.0 Å². The third-order valence-corrected chi connectivity index (χ3v) is 5.60. The summed E-state index contributed by atoms with van der Waals surface area (Å²) in [5.74, 6) is 0.492. The van der Waals surface area contributed by atoms with E-state index in [0.717, 1.165) is 6.07 Å². The second-order valence-electron chi connectivity index (χ2n) is 5.60. The minimum absolute atomic E-state index is 0. The average Bonchev–Trinajstić information content (AvgIpc) is 2.89. The molecule has 0 saturated carbocycles. The topological polar surface area (TPSA) is 92.7 Å². The van der Waals surface area contributed by atoms with Crippen LogP contribution in [0.1, 0.15) is 12.0 Å². The van der Waals surface area contributed by atoms with E-state index >= 15 is 0 Å². The van der Waals surface area contributed by atoms with Crippen LogP contribution in [0.5, 0.6) is 5.88 Å². The lowest BCUT2D eigenvalue weighted by molar-refractivity contribution is -0.137. The zero-order valence-corrected chi connectivity index (χ0v) is 18.1. The van der Waals surface area contributed by atoms with Gasteiger partial charge in [0.1, 0.15) is 11.6 Å². The number of hydrogen-bond acceptors (Lipinski definition) is 5. The second kappa shape index (κ2) is 9.96. The minimum Gasteiger partial charge on any atom is -0.475 e. The lowest BCUT2D eigenvalue weighted by Crippen LogP contribution is -2.45. The van der Waals surface area contributed by atoms with Crippen molar-refractivity contribution in [3.05, 3.63) is 22.8 Å². The van der Waals surface area contributed by atoms with E-state index in [1.165, 1.54) is 7.05 Å². The van der Waals surface area contributed by atoms with Gasteiger partial charge < -0.3 is 15.4 Å². The Labute approximate surface area is 177 Å². The molecule has 1 unspecified atom stereocenters. The van der Waals surface area contributed by atoms with E-state index in [4.69, 9.17) is 16.3 Å². The molecule has 13 heteroatoms. The molecule has 1 aliphatic rings. The van der Waals surface area contributed by atoms with Gasteiger partial charge in [-0.3, -0.25) is 4.99 Å². The number of aromatic nitrogens is 1. The van der Waals surface area contributed by atoms with Gasteiger partial charge in [-0.25, -0.2) is 13.4 Å². The fraction of sp³-hybridized carbons (Fsp3) is 0.571. The SMILES string of the molecule is CN=C(NCCOc1ncc(C(F)(F)F)cc1Cl)NC1CCS(=O)(=O)C1.I. The molecule has 0 amide bonds. The number of nitrogens with zero attached hydrogens (tertiary/aromatic N) is 2. The lowest BCUT2D eigenvalue weighted by atomic mass is 10.3. The molecule has 0 bridgehead atoms. The number of ether oxygens (including phenoxy) is 1. The standard InChI is InChI=1S/C14H18ClF3N4O3S.HI/c1-19-13(22-10-2-5-26(23,24)8-10)20-3-4-25-12-11(15)6-9(7-21-12)14(16,17)18;/h6-7,10H,2-5,8H2,1H3,(H2,19,20,22);1H. The summed E-state index contributed by atoms with van der Waals surface area (Å²) in [6.45, 7) is 0.333. The summed E-state index contributed by atoms with van der Waals surface area (Å²) in [5.41, 5.74) is -0.955. The highest BCUT2D eigenvalue weighted by molar-refractivity contribution is 14.0. The molecule has 1 atom stereocenters. The molecule has 27 heavy (non-hydrogen) atoms. The van der Waals surface area contributed by atoms with E-state index in [2.05, 4.69) is 20.6 Å². The fourth-order valence-electron chi connectivity index (χ4n) is 2.30. The first-order valence-electron chi connectivity index (χ1n) is 7.64. The number of rotatable bonds is 5. The number of sulfone groups is 1. The summed E-state index contributed by atoms with van der Waals surface area (Å²) in [7, 11) is -1.47. The third-order valence-electron chi connectivity index (χ3n) is 3.56. The van der Waals surface area contributed by atoms with E-state index in [1.54, 1.807) is 0 Å². The molecule has 2 rings (SSSR count). The number of halogens is 5. The number of guanidine groups is 1. The Morgan fingerprint density at radius 2 is 2.19 bits per heavy atom. The van der Waals surface area contributed by atoms with Crippen molar-refractivity contribution in [2.45, 2.75) is 18.6 Å². The highest BCUT2D eigenvalue weighted by Gasteiger charge is 2.32. The summed E-state index contributed by atoms with van der Waals surface area (Å²) >= 11 is 5.74. The predicted octanol–water partition coefficient (Wildman–Crippen LogP) is 2.10. The van der Waals surface area contributed by atoms with E-state index in [1.807, 2.05) is 0 Å². The van der Waals surface area contributed by atoms with Crippen LogP contribution in [0.15, 0.2) is 17.3 Å². The molecular weight excluding hydrogens is 524 g/mol. The molecule has 1 aromatic rings. The van der Waals surface area contributed by atoms with Crippen LogP contribution in [0.4, 0.5) is 13.2 Å². The van der Waals surface area contributed by atoms with Gasteiger partial charge in [-0.1, -0.05) is 11.6 Å². The van der Waals surface area contributed by atoms with Crippen molar-refractivity contribution in [1.82, 2.24) is 15.6 Å². The first-order chi connectivity index (χ1) is 12.1. The Bertz CT molecular complexity index is 777. The normalized spacial score (nSPS) is 19.3. The first-order valence-corrected chi connectivity index (χ1v) is 9.84. The van der Waals surface area contributed by atoms with Crippen LogP contribution in [0.3, 0.4) is 0 Å². The highest BCUT2D eigenvalue weighted by atomic mass is 127. The smallest absolute Gasteiger partial charge is 0.417 e. The first kappa shape index (κ1) is 24.0. The molecular formula is C14H19ClF3IN4O3S.